The van der Waals surface area contributed by atoms with Gasteiger partial charge in [0, 0.05) is 17.8 Å². The summed E-state index contributed by atoms with van der Waals surface area (Å²) in [7, 11) is 0. The third-order valence-electron chi connectivity index (χ3n) is 10.5. The number of para-hydroxylation sites is 1. The molecule has 8 atom stereocenters. The Kier molecular flexibility index (Phi) is 11.9. The zero-order valence-electron chi connectivity index (χ0n) is 29.4. The molecule has 3 aliphatic heterocycles. The van der Waals surface area contributed by atoms with Crippen molar-refractivity contribution in [2.24, 2.45) is 11.8 Å². The van der Waals surface area contributed by atoms with E-state index in [1.165, 1.54) is 9.80 Å². The van der Waals surface area contributed by atoms with Crippen LogP contribution in [0.5, 0.6) is 0 Å². The van der Waals surface area contributed by atoms with Crippen molar-refractivity contribution in [1.29, 1.82) is 0 Å². The quantitative estimate of drug-likeness (QED) is 0.110. The zero-order valence-corrected chi connectivity index (χ0v) is 31.7. The van der Waals surface area contributed by atoms with Crippen LogP contribution >= 0.6 is 27.5 Å². The average molecular weight is 805 g/mol. The van der Waals surface area contributed by atoms with Crippen molar-refractivity contribution in [2.75, 3.05) is 24.6 Å². The van der Waals surface area contributed by atoms with Crippen LogP contribution in [0.25, 0.3) is 0 Å². The highest BCUT2D eigenvalue weighted by Gasteiger charge is 2.77. The van der Waals surface area contributed by atoms with E-state index in [2.05, 4.69) is 34.4 Å². The van der Waals surface area contributed by atoms with Gasteiger partial charge in [-0.1, -0.05) is 112 Å². The molecule has 10 nitrogen and oxygen atoms in total. The number of esters is 1. The summed E-state index contributed by atoms with van der Waals surface area (Å²) in [5.41, 5.74) is 1.01. The molecular formula is C41H43BrClN3O7. The number of ether oxygens (including phenoxy) is 2. The normalized spacial score (nSPS) is 25.3. The van der Waals surface area contributed by atoms with Crippen LogP contribution in [0.1, 0.15) is 48.1 Å². The van der Waals surface area contributed by atoms with Crippen molar-refractivity contribution in [3.05, 3.63) is 126 Å². The molecule has 0 aromatic heterocycles. The molecule has 12 heteroatoms. The maximum absolute atomic E-state index is 15.2. The second-order valence-corrected chi connectivity index (χ2v) is 15.2. The van der Waals surface area contributed by atoms with Crippen molar-refractivity contribution >= 4 is 56.9 Å². The topological polar surface area (TPSA) is 125 Å². The molecule has 53 heavy (non-hydrogen) atoms. The summed E-state index contributed by atoms with van der Waals surface area (Å²) >= 11 is 10.5. The molecule has 0 saturated carbocycles. The second kappa shape index (κ2) is 16.4. The largest absolute Gasteiger partial charge is 0.455 e. The number of aliphatic hydroxyl groups is 1. The lowest BCUT2D eigenvalue weighted by atomic mass is 9.70. The van der Waals surface area contributed by atoms with Crippen molar-refractivity contribution in [2.45, 2.75) is 60.9 Å². The molecular weight excluding hydrogens is 762 g/mol. The van der Waals surface area contributed by atoms with E-state index in [4.69, 9.17) is 21.1 Å². The van der Waals surface area contributed by atoms with Gasteiger partial charge >= 0.3 is 5.97 Å². The van der Waals surface area contributed by atoms with Crippen LogP contribution in [0, 0.1) is 18.8 Å². The molecule has 278 valence electrons. The highest BCUT2D eigenvalue weighted by atomic mass is 79.9. The van der Waals surface area contributed by atoms with Gasteiger partial charge in [0.05, 0.1) is 47.8 Å². The summed E-state index contributed by atoms with van der Waals surface area (Å²) in [6, 6.07) is 21.1. The molecule has 3 fully saturated rings. The highest BCUT2D eigenvalue weighted by Crippen LogP contribution is 2.62. The Morgan fingerprint density at radius 3 is 2.38 bits per heavy atom. The first-order valence-corrected chi connectivity index (χ1v) is 19.0. The molecule has 3 heterocycles. The van der Waals surface area contributed by atoms with Gasteiger partial charge in [-0.2, -0.15) is 0 Å². The lowest BCUT2D eigenvalue weighted by molar-refractivity contribution is -0.160. The molecule has 2 N–H and O–H groups in total. The third kappa shape index (κ3) is 7.19. The fraction of sp³-hybridized carbons (Fsp3) is 0.366. The minimum absolute atomic E-state index is 0.00694. The Hall–Kier alpha value is -4.29. The summed E-state index contributed by atoms with van der Waals surface area (Å²) in [6.07, 6.45) is 2.53. The predicted molar refractivity (Wildman–Crippen MR) is 205 cm³/mol. The van der Waals surface area contributed by atoms with E-state index in [9.17, 15) is 14.7 Å². The molecule has 3 aromatic rings. The number of rotatable bonds is 15. The number of aliphatic hydroxyl groups excluding tert-OH is 1. The Balaban J connectivity index is 1.42. The number of amides is 3. The Morgan fingerprint density at radius 1 is 1.08 bits per heavy atom. The number of aryl methyl sites for hydroxylation is 1. The number of likely N-dealkylation sites (tertiary alicyclic amines) is 1. The fourth-order valence-electron chi connectivity index (χ4n) is 8.16. The first-order valence-electron chi connectivity index (χ1n) is 17.7. The molecule has 3 aromatic carbocycles. The number of benzene rings is 3. The molecule has 1 unspecified atom stereocenters. The van der Waals surface area contributed by atoms with Gasteiger partial charge in [-0.25, -0.2) is 0 Å². The number of nitrogens with zero attached hydrogens (tertiary/aromatic N) is 2. The summed E-state index contributed by atoms with van der Waals surface area (Å²) in [5, 5.41) is 14.1. The third-order valence-corrected chi connectivity index (χ3v) is 11.6. The highest BCUT2D eigenvalue weighted by molar-refractivity contribution is 9.09. The molecule has 2 bridgehead atoms. The molecule has 6 rings (SSSR count). The van der Waals surface area contributed by atoms with Crippen LogP contribution in [0.4, 0.5) is 5.69 Å². The van der Waals surface area contributed by atoms with Crippen LogP contribution < -0.4 is 10.2 Å². The number of carbonyl (C=O) groups is 4. The van der Waals surface area contributed by atoms with Crippen LogP contribution in [0.2, 0.25) is 5.02 Å². The number of allylic oxidation sites excluding steroid dienone is 1. The van der Waals surface area contributed by atoms with Gasteiger partial charge in [0.25, 0.3) is 5.91 Å². The van der Waals surface area contributed by atoms with Gasteiger partial charge in [0.1, 0.15) is 17.7 Å². The van der Waals surface area contributed by atoms with Crippen molar-refractivity contribution in [1.82, 2.24) is 10.2 Å². The fourth-order valence-corrected chi connectivity index (χ4v) is 9.42. The molecule has 0 radical (unpaired) electrons. The van der Waals surface area contributed by atoms with E-state index in [1.54, 1.807) is 60.7 Å². The smallest absolute Gasteiger partial charge is 0.313 e. The number of anilines is 1. The Morgan fingerprint density at radius 2 is 1.75 bits per heavy atom. The number of hydrogen-bond acceptors (Lipinski definition) is 7. The van der Waals surface area contributed by atoms with Gasteiger partial charge in [-0.3, -0.25) is 19.2 Å². The zero-order chi connectivity index (χ0) is 37.9. The number of halogens is 2. The average Bonchev–Trinajstić information content (AvgIpc) is 3.76. The van der Waals surface area contributed by atoms with E-state index >= 15 is 9.59 Å². The number of nitrogens with one attached hydrogen (secondary N) is 1. The summed E-state index contributed by atoms with van der Waals surface area (Å²) in [6.45, 7) is 8.99. The minimum Gasteiger partial charge on any atom is -0.455 e. The van der Waals surface area contributed by atoms with E-state index < -0.39 is 70.9 Å². The summed E-state index contributed by atoms with van der Waals surface area (Å²) in [5.74, 6) is -4.11. The summed E-state index contributed by atoms with van der Waals surface area (Å²) in [4.78, 5) is 59.8. The van der Waals surface area contributed by atoms with Gasteiger partial charge in [0.15, 0.2) is 0 Å². The SMILES string of the molecule is C=CCCC(=O)NC[C@@H](OC(=O)[C@H]1[C@@H]2O[C@@]3(CC2Br)[C@@H]1C(=O)N([C@H](CO)c1ccccc1)[C@@H]3C(=O)N(CC=C)c1c(C)cccc1Cl)c1ccccc1. The standard InChI is InChI=1S/C41H43BrClN3O7/c1-4-6-20-32(48)44-23-31(27-17-11-8-12-18-27)52-40(51)33-34-38(49)46(30(24-47)26-15-9-7-10-16-26)37(41(34)22-28(42)36(33)53-41)39(50)45(21-5-2)35-25(3)14-13-19-29(35)43/h4-5,7-19,28,30-31,33-34,36-37,47H,1-2,6,20-24H2,3H3,(H,44,48)/t28?,30-,31-,33-,34+,36-,37-,41+/m1/s1. The van der Waals surface area contributed by atoms with E-state index in [0.29, 0.717) is 28.3 Å². The van der Waals surface area contributed by atoms with Gasteiger partial charge in [-0.15, -0.1) is 13.2 Å². The van der Waals surface area contributed by atoms with Gasteiger partial charge in [-0.05, 0) is 42.5 Å². The lowest BCUT2D eigenvalue weighted by Gasteiger charge is -2.40. The van der Waals surface area contributed by atoms with Gasteiger partial charge in [0.2, 0.25) is 11.8 Å². The van der Waals surface area contributed by atoms with Gasteiger partial charge < -0.3 is 29.7 Å². The van der Waals surface area contributed by atoms with Crippen molar-refractivity contribution in [3.63, 3.8) is 0 Å². The maximum Gasteiger partial charge on any atom is 0.313 e. The molecule has 1 spiro atoms. The number of hydrogen-bond donors (Lipinski definition) is 2. The van der Waals surface area contributed by atoms with Crippen LogP contribution in [0.15, 0.2) is 104 Å². The maximum atomic E-state index is 15.2. The lowest BCUT2D eigenvalue weighted by Crippen LogP contribution is -2.57. The molecule has 3 aliphatic rings. The van der Waals surface area contributed by atoms with E-state index in [1.807, 2.05) is 37.3 Å². The Bertz CT molecular complexity index is 1840. The Labute approximate surface area is 322 Å². The van der Waals surface area contributed by atoms with Crippen LogP contribution in [0.3, 0.4) is 0 Å². The number of carbonyl (C=O) groups excluding carboxylic acids is 4. The number of fused-ring (bicyclic) bond motifs is 1. The number of alkyl halides is 1. The first-order chi connectivity index (χ1) is 25.6. The monoisotopic (exact) mass is 803 g/mol. The predicted octanol–water partition coefficient (Wildman–Crippen LogP) is 6.02. The molecule has 3 saturated heterocycles. The molecule has 3 amide bonds. The first kappa shape index (κ1) is 38.4. The van der Waals surface area contributed by atoms with Crippen LogP contribution in [-0.4, -0.2) is 76.0 Å². The van der Waals surface area contributed by atoms with Crippen molar-refractivity contribution in [3.8, 4) is 0 Å². The van der Waals surface area contributed by atoms with E-state index in [0.717, 1.165) is 5.56 Å². The van der Waals surface area contributed by atoms with Crippen molar-refractivity contribution < 1.29 is 33.8 Å². The molecule has 0 aliphatic carbocycles. The second-order valence-electron chi connectivity index (χ2n) is 13.6. The van der Waals surface area contributed by atoms with E-state index in [-0.39, 0.29) is 31.8 Å². The summed E-state index contributed by atoms with van der Waals surface area (Å²) < 4.78 is 13.0. The minimum atomic E-state index is -1.46. The van der Waals surface area contributed by atoms with Crippen LogP contribution in [-0.2, 0) is 28.7 Å².